The molecule has 0 bridgehead atoms. The highest BCUT2D eigenvalue weighted by atomic mass is 35.5. The van der Waals surface area contributed by atoms with Crippen LogP contribution < -0.4 is 0 Å². The summed E-state index contributed by atoms with van der Waals surface area (Å²) in [4.78, 5) is 0. The number of hydrogen-bond donors (Lipinski definition) is 2. The van der Waals surface area contributed by atoms with E-state index < -0.39 is 24.4 Å². The Morgan fingerprint density at radius 2 is 1.90 bits per heavy atom. The Bertz CT molecular complexity index is 639. The van der Waals surface area contributed by atoms with Crippen molar-refractivity contribution in [1.82, 2.24) is 9.78 Å². The Morgan fingerprint density at radius 3 is 2.38 bits per heavy atom. The van der Waals surface area contributed by atoms with Gasteiger partial charge in [0.05, 0.1) is 29.6 Å². The number of halogens is 2. The van der Waals surface area contributed by atoms with E-state index in [0.717, 1.165) is 0 Å². The lowest BCUT2D eigenvalue weighted by Gasteiger charge is -2.31. The minimum Gasteiger partial charge on any atom is -0.395 e. The molecule has 0 atom stereocenters. The highest BCUT2D eigenvalue weighted by molar-refractivity contribution is 6.31. The molecule has 1 aromatic carbocycles. The molecule has 0 radical (unpaired) electrons. The fraction of sp³-hybridized carbons (Fsp3) is 0.400. The fourth-order valence-corrected chi connectivity index (χ4v) is 2.74. The molecule has 1 aromatic heterocycles. The number of aromatic nitrogens is 2. The van der Waals surface area contributed by atoms with Crippen LogP contribution in [0.25, 0.3) is 0 Å². The van der Waals surface area contributed by atoms with Crippen molar-refractivity contribution in [2.75, 3.05) is 13.2 Å². The number of benzene rings is 1. The van der Waals surface area contributed by atoms with Gasteiger partial charge in [0, 0.05) is 18.9 Å². The number of aryl methyl sites for hydroxylation is 2. The van der Waals surface area contributed by atoms with Crippen LogP contribution >= 0.6 is 11.6 Å². The Labute approximate surface area is 127 Å². The summed E-state index contributed by atoms with van der Waals surface area (Å²) in [5, 5.41) is 24.3. The van der Waals surface area contributed by atoms with Crippen molar-refractivity contribution in [2.45, 2.75) is 18.8 Å². The SMILES string of the molecule is Cc1nn(C)c(CC(CO)(CO)c2ccccc2F)c1Cl. The molecular weight excluding hydrogens is 295 g/mol. The van der Waals surface area contributed by atoms with Crippen LogP contribution in [0.2, 0.25) is 5.02 Å². The van der Waals surface area contributed by atoms with Gasteiger partial charge < -0.3 is 10.2 Å². The van der Waals surface area contributed by atoms with Gasteiger partial charge in [0.2, 0.25) is 0 Å². The van der Waals surface area contributed by atoms with Gasteiger partial charge in [-0.25, -0.2) is 4.39 Å². The Balaban J connectivity index is 2.51. The molecule has 1 heterocycles. The lowest BCUT2D eigenvalue weighted by molar-refractivity contribution is 0.112. The fourth-order valence-electron chi connectivity index (χ4n) is 2.51. The Morgan fingerprint density at radius 1 is 1.29 bits per heavy atom. The van der Waals surface area contributed by atoms with Gasteiger partial charge in [-0.05, 0) is 18.6 Å². The second kappa shape index (κ2) is 6.13. The van der Waals surface area contributed by atoms with Gasteiger partial charge in [-0.3, -0.25) is 4.68 Å². The molecule has 2 N–H and O–H groups in total. The first-order valence-corrected chi connectivity index (χ1v) is 6.97. The summed E-state index contributed by atoms with van der Waals surface area (Å²) in [6, 6.07) is 6.12. The minimum absolute atomic E-state index is 0.192. The van der Waals surface area contributed by atoms with Crippen LogP contribution in [-0.4, -0.2) is 33.2 Å². The van der Waals surface area contributed by atoms with E-state index in [-0.39, 0.29) is 12.0 Å². The maximum atomic E-state index is 14.1. The average molecular weight is 313 g/mol. The summed E-state index contributed by atoms with van der Waals surface area (Å²) in [6.45, 7) is 0.977. The topological polar surface area (TPSA) is 58.3 Å². The minimum atomic E-state index is -1.14. The van der Waals surface area contributed by atoms with Crippen LogP contribution in [0, 0.1) is 12.7 Å². The molecule has 0 spiro atoms. The number of hydrogen-bond acceptors (Lipinski definition) is 3. The van der Waals surface area contributed by atoms with Crippen molar-refractivity contribution in [3.8, 4) is 0 Å². The molecule has 0 aliphatic heterocycles. The molecule has 0 saturated heterocycles. The van der Waals surface area contributed by atoms with Gasteiger partial charge in [-0.15, -0.1) is 0 Å². The molecule has 0 unspecified atom stereocenters. The Hall–Kier alpha value is -1.43. The predicted octanol–water partition coefficient (Wildman–Crippen LogP) is 1.99. The van der Waals surface area contributed by atoms with Crippen LogP contribution in [0.1, 0.15) is 17.0 Å². The van der Waals surface area contributed by atoms with Gasteiger partial charge in [0.25, 0.3) is 0 Å². The van der Waals surface area contributed by atoms with Crippen LogP contribution in [0.15, 0.2) is 24.3 Å². The largest absolute Gasteiger partial charge is 0.395 e. The first-order valence-electron chi connectivity index (χ1n) is 6.60. The predicted molar refractivity (Wildman–Crippen MR) is 78.9 cm³/mol. The molecule has 4 nitrogen and oxygen atoms in total. The number of nitrogens with zero attached hydrogens (tertiary/aromatic N) is 2. The van der Waals surface area contributed by atoms with Crippen molar-refractivity contribution >= 4 is 11.6 Å². The number of rotatable bonds is 5. The van der Waals surface area contributed by atoms with Crippen molar-refractivity contribution < 1.29 is 14.6 Å². The summed E-state index contributed by atoms with van der Waals surface area (Å²) in [5.74, 6) is -0.462. The van der Waals surface area contributed by atoms with Crippen molar-refractivity contribution in [1.29, 1.82) is 0 Å². The molecule has 6 heteroatoms. The lowest BCUT2D eigenvalue weighted by atomic mass is 9.77. The van der Waals surface area contributed by atoms with Gasteiger partial charge in [-0.1, -0.05) is 29.8 Å². The van der Waals surface area contributed by atoms with Crippen LogP contribution in [0.4, 0.5) is 4.39 Å². The monoisotopic (exact) mass is 312 g/mol. The summed E-state index contributed by atoms with van der Waals surface area (Å²) < 4.78 is 15.7. The molecule has 21 heavy (non-hydrogen) atoms. The van der Waals surface area contributed by atoms with E-state index in [2.05, 4.69) is 5.10 Å². The lowest BCUT2D eigenvalue weighted by Crippen LogP contribution is -2.39. The first kappa shape index (κ1) is 15.9. The van der Waals surface area contributed by atoms with Crippen LogP contribution in [0.5, 0.6) is 0 Å². The van der Waals surface area contributed by atoms with E-state index in [0.29, 0.717) is 16.4 Å². The summed E-state index contributed by atoms with van der Waals surface area (Å²) in [5.41, 5.74) is 0.438. The summed E-state index contributed by atoms with van der Waals surface area (Å²) in [7, 11) is 1.73. The van der Waals surface area contributed by atoms with E-state index in [1.54, 1.807) is 36.9 Å². The molecule has 0 amide bonds. The molecule has 2 rings (SSSR count). The zero-order valence-corrected chi connectivity index (χ0v) is 12.7. The van der Waals surface area contributed by atoms with E-state index in [4.69, 9.17) is 11.6 Å². The van der Waals surface area contributed by atoms with Crippen molar-refractivity contribution in [3.63, 3.8) is 0 Å². The van der Waals surface area contributed by atoms with Crippen LogP contribution in [0.3, 0.4) is 0 Å². The third-order valence-corrected chi connectivity index (χ3v) is 4.31. The standard InChI is InChI=1S/C15H18ClFN2O2/c1-10-14(16)13(19(2)18-10)7-15(8-20,9-21)11-5-3-4-6-12(11)17/h3-6,20-21H,7-9H2,1-2H3. The third kappa shape index (κ3) is 2.81. The van der Waals surface area contributed by atoms with E-state index >= 15 is 0 Å². The molecule has 2 aromatic rings. The number of aliphatic hydroxyl groups is 2. The molecule has 0 saturated carbocycles. The Kier molecular flexibility index (Phi) is 4.66. The maximum absolute atomic E-state index is 14.1. The quantitative estimate of drug-likeness (QED) is 0.887. The van der Waals surface area contributed by atoms with Gasteiger partial charge >= 0.3 is 0 Å². The first-order chi connectivity index (χ1) is 9.95. The third-order valence-electron chi connectivity index (χ3n) is 3.82. The van der Waals surface area contributed by atoms with Crippen molar-refractivity contribution in [3.05, 3.63) is 52.1 Å². The number of aliphatic hydroxyl groups excluding tert-OH is 2. The zero-order chi connectivity index (χ0) is 15.6. The van der Waals surface area contributed by atoms with Gasteiger partial charge in [-0.2, -0.15) is 5.10 Å². The van der Waals surface area contributed by atoms with E-state index in [9.17, 15) is 14.6 Å². The zero-order valence-electron chi connectivity index (χ0n) is 12.0. The summed E-state index contributed by atoms with van der Waals surface area (Å²) >= 11 is 6.22. The van der Waals surface area contributed by atoms with Gasteiger partial charge in [0.1, 0.15) is 5.82 Å². The maximum Gasteiger partial charge on any atom is 0.127 e. The van der Waals surface area contributed by atoms with Crippen molar-refractivity contribution in [2.24, 2.45) is 7.05 Å². The normalized spacial score (nSPS) is 11.9. The molecule has 0 aliphatic carbocycles. The second-order valence-corrected chi connectivity index (χ2v) is 5.60. The second-order valence-electron chi connectivity index (χ2n) is 5.22. The van der Waals surface area contributed by atoms with E-state index in [1.807, 2.05) is 0 Å². The highest BCUT2D eigenvalue weighted by Crippen LogP contribution is 2.33. The molecular formula is C15H18ClFN2O2. The average Bonchev–Trinajstić information content (AvgIpc) is 2.71. The molecule has 114 valence electrons. The molecule has 0 aliphatic rings. The van der Waals surface area contributed by atoms with Gasteiger partial charge in [0.15, 0.2) is 0 Å². The summed E-state index contributed by atoms with van der Waals surface area (Å²) in [6.07, 6.45) is 0.192. The van der Waals surface area contributed by atoms with Crippen LogP contribution in [-0.2, 0) is 18.9 Å². The highest BCUT2D eigenvalue weighted by Gasteiger charge is 2.36. The smallest absolute Gasteiger partial charge is 0.127 e. The van der Waals surface area contributed by atoms with E-state index in [1.165, 1.54) is 6.07 Å². The molecule has 0 fully saturated rings.